The topological polar surface area (TPSA) is 88.1 Å². The lowest BCUT2D eigenvalue weighted by molar-refractivity contribution is 0.0636. The number of nitrogen functional groups attached to an aromatic ring is 1. The highest BCUT2D eigenvalue weighted by atomic mass is 32.1. The molecule has 1 aromatic rings. The Labute approximate surface area is 97.8 Å². The molecule has 0 bridgehead atoms. The van der Waals surface area contributed by atoms with Crippen LogP contribution >= 0.6 is 11.3 Å². The maximum atomic E-state index is 11.4. The molecule has 0 saturated carbocycles. The summed E-state index contributed by atoms with van der Waals surface area (Å²) in [6, 6.07) is 3.45. The number of rotatable bonds is 1. The van der Waals surface area contributed by atoms with E-state index >= 15 is 0 Å². The minimum Gasteiger partial charge on any atom is -0.444 e. The summed E-state index contributed by atoms with van der Waals surface area (Å²) in [5, 5.41) is 12.1. The van der Waals surface area contributed by atoms with Gasteiger partial charge in [0.25, 0.3) is 0 Å². The minimum atomic E-state index is -0.557. The number of nitrogens with zero attached hydrogens (tertiary/aromatic N) is 1. The highest BCUT2D eigenvalue weighted by Gasteiger charge is 2.17. The zero-order chi connectivity index (χ0) is 12.3. The Hall–Kier alpha value is -1.74. The van der Waals surface area contributed by atoms with E-state index < -0.39 is 11.7 Å². The molecule has 0 spiro atoms. The number of amides is 1. The minimum absolute atomic E-state index is 0.357. The van der Waals surface area contributed by atoms with Crippen LogP contribution in [-0.4, -0.2) is 11.7 Å². The first-order chi connectivity index (χ1) is 7.31. The van der Waals surface area contributed by atoms with Crippen molar-refractivity contribution in [3.63, 3.8) is 0 Å². The van der Waals surface area contributed by atoms with Gasteiger partial charge in [-0.15, -0.1) is 0 Å². The van der Waals surface area contributed by atoms with Crippen LogP contribution < -0.4 is 11.1 Å². The average Bonchev–Trinajstić information content (AvgIpc) is 2.42. The molecule has 0 aliphatic rings. The van der Waals surface area contributed by atoms with Crippen LogP contribution in [0.2, 0.25) is 0 Å². The average molecular weight is 239 g/mol. The van der Waals surface area contributed by atoms with Crippen molar-refractivity contribution in [2.24, 2.45) is 0 Å². The van der Waals surface area contributed by atoms with E-state index in [1.807, 2.05) is 6.07 Å². The van der Waals surface area contributed by atoms with E-state index in [0.29, 0.717) is 15.6 Å². The van der Waals surface area contributed by atoms with E-state index in [0.717, 1.165) is 11.3 Å². The molecule has 0 aromatic carbocycles. The third kappa shape index (κ3) is 3.44. The molecule has 0 aliphatic carbocycles. The molecule has 1 aromatic heterocycles. The van der Waals surface area contributed by atoms with E-state index in [-0.39, 0.29) is 0 Å². The van der Waals surface area contributed by atoms with Gasteiger partial charge in [0.2, 0.25) is 0 Å². The van der Waals surface area contributed by atoms with Gasteiger partial charge in [0.05, 0.1) is 5.56 Å². The van der Waals surface area contributed by atoms with E-state index in [4.69, 9.17) is 15.7 Å². The normalized spacial score (nSPS) is 10.6. The van der Waals surface area contributed by atoms with Gasteiger partial charge in [-0.05, 0) is 26.8 Å². The SMILES string of the molecule is CC(C)(C)OC(=O)Nc1cc(C#N)c(N)s1. The number of carbonyl (C=O) groups is 1. The van der Waals surface area contributed by atoms with Crippen LogP contribution in [0.4, 0.5) is 14.8 Å². The van der Waals surface area contributed by atoms with Crippen molar-refractivity contribution in [3.05, 3.63) is 11.6 Å². The van der Waals surface area contributed by atoms with Crippen LogP contribution in [0, 0.1) is 11.3 Å². The predicted octanol–water partition coefficient (Wildman–Crippen LogP) is 2.55. The Bertz CT molecular complexity index is 440. The molecular formula is C10H13N3O2S. The van der Waals surface area contributed by atoms with Gasteiger partial charge in [-0.25, -0.2) is 4.79 Å². The van der Waals surface area contributed by atoms with Gasteiger partial charge in [0.15, 0.2) is 0 Å². The quantitative estimate of drug-likeness (QED) is 0.788. The second-order valence-electron chi connectivity index (χ2n) is 4.13. The molecule has 0 fully saturated rings. The molecule has 0 unspecified atom stereocenters. The largest absolute Gasteiger partial charge is 0.444 e. The first kappa shape index (κ1) is 12.3. The molecule has 5 nitrogen and oxygen atoms in total. The van der Waals surface area contributed by atoms with Crippen molar-refractivity contribution < 1.29 is 9.53 Å². The Kier molecular flexibility index (Phi) is 3.40. The monoisotopic (exact) mass is 239 g/mol. The summed E-state index contributed by atoms with van der Waals surface area (Å²) in [6.07, 6.45) is -0.557. The summed E-state index contributed by atoms with van der Waals surface area (Å²) in [6.45, 7) is 5.32. The summed E-state index contributed by atoms with van der Waals surface area (Å²) in [5.74, 6) is 0. The number of hydrogen-bond acceptors (Lipinski definition) is 5. The zero-order valence-corrected chi connectivity index (χ0v) is 10.1. The summed E-state index contributed by atoms with van der Waals surface area (Å²) in [4.78, 5) is 11.4. The first-order valence-electron chi connectivity index (χ1n) is 4.61. The summed E-state index contributed by atoms with van der Waals surface area (Å²) < 4.78 is 5.06. The molecular weight excluding hydrogens is 226 g/mol. The molecule has 0 aliphatic heterocycles. The number of ether oxygens (including phenoxy) is 1. The van der Waals surface area contributed by atoms with E-state index in [9.17, 15) is 4.79 Å². The van der Waals surface area contributed by atoms with Gasteiger partial charge in [-0.2, -0.15) is 5.26 Å². The van der Waals surface area contributed by atoms with E-state index in [1.54, 1.807) is 20.8 Å². The molecule has 86 valence electrons. The van der Waals surface area contributed by atoms with Crippen LogP contribution in [0.3, 0.4) is 0 Å². The lowest BCUT2D eigenvalue weighted by atomic mass is 10.2. The highest BCUT2D eigenvalue weighted by Crippen LogP contribution is 2.29. The Balaban J connectivity index is 2.68. The maximum Gasteiger partial charge on any atom is 0.412 e. The van der Waals surface area contributed by atoms with Gasteiger partial charge < -0.3 is 10.5 Å². The van der Waals surface area contributed by atoms with Crippen LogP contribution in [0.15, 0.2) is 6.07 Å². The molecule has 0 atom stereocenters. The molecule has 1 amide bonds. The number of thiophene rings is 1. The summed E-state index contributed by atoms with van der Waals surface area (Å²) in [5.41, 5.74) is 5.37. The molecule has 1 rings (SSSR count). The van der Waals surface area contributed by atoms with E-state index in [2.05, 4.69) is 5.32 Å². The van der Waals surface area contributed by atoms with Gasteiger partial charge in [0.1, 0.15) is 21.7 Å². The smallest absolute Gasteiger partial charge is 0.412 e. The second kappa shape index (κ2) is 4.41. The maximum absolute atomic E-state index is 11.4. The van der Waals surface area contributed by atoms with Crippen molar-refractivity contribution in [1.82, 2.24) is 0 Å². The van der Waals surface area contributed by atoms with Crippen molar-refractivity contribution in [1.29, 1.82) is 5.26 Å². The Morgan fingerprint density at radius 3 is 2.69 bits per heavy atom. The van der Waals surface area contributed by atoms with Crippen molar-refractivity contribution in [2.75, 3.05) is 11.1 Å². The predicted molar refractivity (Wildman–Crippen MR) is 63.3 cm³/mol. The van der Waals surface area contributed by atoms with Gasteiger partial charge in [-0.1, -0.05) is 11.3 Å². The van der Waals surface area contributed by atoms with E-state index in [1.165, 1.54) is 6.07 Å². The Morgan fingerprint density at radius 2 is 2.25 bits per heavy atom. The van der Waals surface area contributed by atoms with Gasteiger partial charge in [0, 0.05) is 0 Å². The molecule has 6 heteroatoms. The fourth-order valence-electron chi connectivity index (χ4n) is 0.958. The number of nitrogens with two attached hydrogens (primary N) is 1. The van der Waals surface area contributed by atoms with Crippen LogP contribution in [0.1, 0.15) is 26.3 Å². The lowest BCUT2D eigenvalue weighted by Crippen LogP contribution is -2.26. The van der Waals surface area contributed by atoms with Crippen molar-refractivity contribution in [2.45, 2.75) is 26.4 Å². The number of nitrogens with one attached hydrogen (secondary N) is 1. The third-order valence-corrected chi connectivity index (χ3v) is 2.39. The number of nitriles is 1. The first-order valence-corrected chi connectivity index (χ1v) is 5.43. The Morgan fingerprint density at radius 1 is 1.62 bits per heavy atom. The number of carbonyl (C=O) groups excluding carboxylic acids is 1. The van der Waals surface area contributed by atoms with Gasteiger partial charge in [-0.3, -0.25) is 5.32 Å². The fourth-order valence-corrected chi connectivity index (χ4v) is 1.72. The van der Waals surface area contributed by atoms with Crippen LogP contribution in [-0.2, 0) is 4.74 Å². The standard InChI is InChI=1S/C10H13N3O2S/c1-10(2,3)15-9(14)13-7-4-6(5-11)8(12)16-7/h4H,12H2,1-3H3,(H,13,14). The summed E-state index contributed by atoms with van der Waals surface area (Å²) >= 11 is 1.14. The zero-order valence-electron chi connectivity index (χ0n) is 9.33. The van der Waals surface area contributed by atoms with Crippen molar-refractivity contribution >= 4 is 27.4 Å². The summed E-state index contributed by atoms with van der Waals surface area (Å²) in [7, 11) is 0. The molecule has 1 heterocycles. The van der Waals surface area contributed by atoms with Crippen LogP contribution in [0.5, 0.6) is 0 Å². The number of hydrogen-bond donors (Lipinski definition) is 2. The fraction of sp³-hybridized carbons (Fsp3) is 0.400. The van der Waals surface area contributed by atoms with Crippen LogP contribution in [0.25, 0.3) is 0 Å². The molecule has 16 heavy (non-hydrogen) atoms. The highest BCUT2D eigenvalue weighted by molar-refractivity contribution is 7.20. The van der Waals surface area contributed by atoms with Gasteiger partial charge >= 0.3 is 6.09 Å². The molecule has 0 saturated heterocycles. The van der Waals surface area contributed by atoms with Crippen molar-refractivity contribution in [3.8, 4) is 6.07 Å². The second-order valence-corrected chi connectivity index (χ2v) is 5.21. The number of anilines is 2. The molecule has 0 radical (unpaired) electrons. The molecule has 3 N–H and O–H groups in total. The lowest BCUT2D eigenvalue weighted by Gasteiger charge is -2.19. The third-order valence-electron chi connectivity index (χ3n) is 1.51.